The van der Waals surface area contributed by atoms with Crippen molar-refractivity contribution in [2.24, 2.45) is 4.99 Å². The Morgan fingerprint density at radius 1 is 1.27 bits per heavy atom. The second kappa shape index (κ2) is 10.1. The van der Waals surface area contributed by atoms with Gasteiger partial charge in [0.1, 0.15) is 5.82 Å². The highest BCUT2D eigenvalue weighted by molar-refractivity contribution is 5.82. The van der Waals surface area contributed by atoms with Gasteiger partial charge < -0.3 is 20.9 Å². The molecule has 1 saturated heterocycles. The van der Waals surface area contributed by atoms with Gasteiger partial charge in [0.25, 0.3) is 0 Å². The Hall–Kier alpha value is -3.09. The average molecular weight is 412 g/mol. The monoisotopic (exact) mass is 411 g/mol. The number of carbonyl (C=O) groups is 1. The van der Waals surface area contributed by atoms with Crippen molar-refractivity contribution < 1.29 is 9.18 Å². The molecule has 7 heteroatoms. The van der Waals surface area contributed by atoms with Crippen LogP contribution in [0, 0.1) is 12.7 Å². The third-order valence-electron chi connectivity index (χ3n) is 5.15. The van der Waals surface area contributed by atoms with Crippen molar-refractivity contribution in [3.8, 4) is 0 Å². The quantitative estimate of drug-likeness (QED) is 0.505. The summed E-state index contributed by atoms with van der Waals surface area (Å²) in [5, 5.41) is 9.42. The summed E-state index contributed by atoms with van der Waals surface area (Å²) in [4.78, 5) is 18.3. The summed E-state index contributed by atoms with van der Waals surface area (Å²) in [7, 11) is 0. The first-order chi connectivity index (χ1) is 14.5. The van der Waals surface area contributed by atoms with Crippen molar-refractivity contribution in [3.63, 3.8) is 0 Å². The number of nitrogens with one attached hydrogen (secondary N) is 3. The van der Waals surface area contributed by atoms with Crippen LogP contribution in [0.2, 0.25) is 0 Å². The van der Waals surface area contributed by atoms with Crippen molar-refractivity contribution in [2.45, 2.75) is 33.4 Å². The van der Waals surface area contributed by atoms with Crippen LogP contribution < -0.4 is 20.9 Å². The summed E-state index contributed by atoms with van der Waals surface area (Å²) in [6.45, 7) is 8.89. The Morgan fingerprint density at radius 3 is 2.70 bits per heavy atom. The van der Waals surface area contributed by atoms with Gasteiger partial charge >= 0.3 is 0 Å². The fourth-order valence-corrected chi connectivity index (χ4v) is 3.33. The van der Waals surface area contributed by atoms with Crippen LogP contribution in [0.25, 0.3) is 0 Å². The minimum atomic E-state index is -0.200. The molecule has 30 heavy (non-hydrogen) atoms. The number of guanidine groups is 1. The van der Waals surface area contributed by atoms with Gasteiger partial charge in [-0.15, -0.1) is 0 Å². The summed E-state index contributed by atoms with van der Waals surface area (Å²) in [6.07, 6.45) is 0. The molecule has 2 aromatic rings. The Balaban J connectivity index is 1.63. The summed E-state index contributed by atoms with van der Waals surface area (Å²) >= 11 is 0. The predicted octanol–water partition coefficient (Wildman–Crippen LogP) is 2.89. The molecule has 1 unspecified atom stereocenters. The molecule has 0 radical (unpaired) electrons. The standard InChI is InChI=1S/C23H30FN5O/c1-4-25-23(28-17(3)19-8-5-16(2)21(24)13-19)27-14-18-6-9-20(10-7-18)29-12-11-26-22(30)15-29/h5-10,13,17H,4,11-12,14-15H2,1-3H3,(H,26,30)(H2,25,27,28). The lowest BCUT2D eigenvalue weighted by Crippen LogP contribution is -2.47. The maximum atomic E-state index is 13.9. The summed E-state index contributed by atoms with van der Waals surface area (Å²) in [5.41, 5.74) is 3.63. The normalized spacial score (nSPS) is 15.5. The second-order valence-electron chi connectivity index (χ2n) is 7.51. The predicted molar refractivity (Wildman–Crippen MR) is 119 cm³/mol. The van der Waals surface area contributed by atoms with Gasteiger partial charge in [-0.25, -0.2) is 9.38 Å². The second-order valence-corrected chi connectivity index (χ2v) is 7.51. The molecular weight excluding hydrogens is 381 g/mol. The number of amides is 1. The number of hydrogen-bond donors (Lipinski definition) is 3. The van der Waals surface area contributed by atoms with Gasteiger partial charge in [0, 0.05) is 25.3 Å². The van der Waals surface area contributed by atoms with E-state index in [0.717, 1.165) is 29.9 Å². The van der Waals surface area contributed by atoms with E-state index in [1.54, 1.807) is 19.1 Å². The minimum absolute atomic E-state index is 0.0545. The first-order valence-corrected chi connectivity index (χ1v) is 10.4. The number of benzene rings is 2. The van der Waals surface area contributed by atoms with Gasteiger partial charge in [-0.05, 0) is 55.7 Å². The van der Waals surface area contributed by atoms with E-state index >= 15 is 0 Å². The van der Waals surface area contributed by atoms with Gasteiger partial charge in [-0.3, -0.25) is 4.79 Å². The highest BCUT2D eigenvalue weighted by Crippen LogP contribution is 2.18. The topological polar surface area (TPSA) is 68.8 Å². The van der Waals surface area contributed by atoms with Crippen molar-refractivity contribution in [3.05, 3.63) is 65.0 Å². The molecular formula is C23H30FN5O. The number of hydrogen-bond acceptors (Lipinski definition) is 3. The van der Waals surface area contributed by atoms with Gasteiger partial charge in [-0.1, -0.05) is 24.3 Å². The molecule has 0 saturated carbocycles. The molecule has 3 rings (SSSR count). The summed E-state index contributed by atoms with van der Waals surface area (Å²) < 4.78 is 13.9. The van der Waals surface area contributed by atoms with Gasteiger partial charge in [-0.2, -0.15) is 0 Å². The van der Waals surface area contributed by atoms with Crippen LogP contribution in [0.4, 0.5) is 10.1 Å². The third-order valence-corrected chi connectivity index (χ3v) is 5.15. The summed E-state index contributed by atoms with van der Waals surface area (Å²) in [6, 6.07) is 13.3. The van der Waals surface area contributed by atoms with E-state index in [-0.39, 0.29) is 17.8 Å². The molecule has 0 spiro atoms. The molecule has 1 fully saturated rings. The zero-order chi connectivity index (χ0) is 21.5. The van der Waals surface area contributed by atoms with Crippen LogP contribution >= 0.6 is 0 Å². The maximum absolute atomic E-state index is 13.9. The zero-order valence-electron chi connectivity index (χ0n) is 17.8. The molecule has 2 aromatic carbocycles. The Labute approximate surface area is 177 Å². The van der Waals surface area contributed by atoms with E-state index in [0.29, 0.717) is 31.2 Å². The van der Waals surface area contributed by atoms with Gasteiger partial charge in [0.15, 0.2) is 5.96 Å². The van der Waals surface area contributed by atoms with Crippen LogP contribution in [0.1, 0.15) is 36.6 Å². The largest absolute Gasteiger partial charge is 0.360 e. The number of anilines is 1. The molecule has 160 valence electrons. The average Bonchev–Trinajstić information content (AvgIpc) is 2.74. The van der Waals surface area contributed by atoms with Crippen molar-refractivity contribution >= 4 is 17.6 Å². The first-order valence-electron chi connectivity index (χ1n) is 10.4. The van der Waals surface area contributed by atoms with E-state index in [2.05, 4.69) is 25.8 Å². The fraction of sp³-hybridized carbons (Fsp3) is 0.391. The van der Waals surface area contributed by atoms with Crippen LogP contribution in [0.5, 0.6) is 0 Å². The minimum Gasteiger partial charge on any atom is -0.360 e. The number of aryl methyl sites for hydroxylation is 1. The van der Waals surface area contributed by atoms with Crippen LogP contribution in [-0.2, 0) is 11.3 Å². The number of aliphatic imine (C=N–C) groups is 1. The van der Waals surface area contributed by atoms with E-state index in [4.69, 9.17) is 0 Å². The number of halogens is 1. The molecule has 1 aliphatic heterocycles. The Kier molecular flexibility index (Phi) is 7.27. The molecule has 0 bridgehead atoms. The molecule has 6 nitrogen and oxygen atoms in total. The molecule has 1 atom stereocenters. The molecule has 1 heterocycles. The highest BCUT2D eigenvalue weighted by atomic mass is 19.1. The van der Waals surface area contributed by atoms with E-state index in [1.165, 1.54) is 0 Å². The van der Waals surface area contributed by atoms with Crippen molar-refractivity contribution in [1.29, 1.82) is 0 Å². The van der Waals surface area contributed by atoms with Crippen LogP contribution in [0.3, 0.4) is 0 Å². The SMILES string of the molecule is CCNC(=NCc1ccc(N2CCNC(=O)C2)cc1)NC(C)c1ccc(C)c(F)c1. The molecule has 0 aliphatic carbocycles. The first kappa shape index (κ1) is 21.6. The number of nitrogens with zero attached hydrogens (tertiary/aromatic N) is 2. The van der Waals surface area contributed by atoms with E-state index in [1.807, 2.05) is 44.2 Å². The number of piperazine rings is 1. The third kappa shape index (κ3) is 5.72. The lowest BCUT2D eigenvalue weighted by molar-refractivity contribution is -0.120. The van der Waals surface area contributed by atoms with Crippen molar-refractivity contribution in [2.75, 3.05) is 31.1 Å². The van der Waals surface area contributed by atoms with E-state index < -0.39 is 0 Å². The Morgan fingerprint density at radius 2 is 2.03 bits per heavy atom. The van der Waals surface area contributed by atoms with Crippen LogP contribution in [0.15, 0.2) is 47.5 Å². The highest BCUT2D eigenvalue weighted by Gasteiger charge is 2.16. The number of rotatable bonds is 6. The molecule has 1 aliphatic rings. The molecule has 1 amide bonds. The van der Waals surface area contributed by atoms with Crippen LogP contribution in [-0.4, -0.2) is 38.0 Å². The zero-order valence-corrected chi connectivity index (χ0v) is 17.8. The maximum Gasteiger partial charge on any atom is 0.239 e. The lowest BCUT2D eigenvalue weighted by Gasteiger charge is -2.28. The smallest absolute Gasteiger partial charge is 0.239 e. The molecule has 3 N–H and O–H groups in total. The fourth-order valence-electron chi connectivity index (χ4n) is 3.33. The Bertz CT molecular complexity index is 897. The van der Waals surface area contributed by atoms with Crippen molar-refractivity contribution in [1.82, 2.24) is 16.0 Å². The summed E-state index contributed by atoms with van der Waals surface area (Å²) in [5.74, 6) is 0.538. The van der Waals surface area contributed by atoms with Gasteiger partial charge in [0.05, 0.1) is 19.1 Å². The molecule has 0 aromatic heterocycles. The van der Waals surface area contributed by atoms with E-state index in [9.17, 15) is 9.18 Å². The van der Waals surface area contributed by atoms with Gasteiger partial charge in [0.2, 0.25) is 5.91 Å². The number of carbonyl (C=O) groups excluding carboxylic acids is 1. The lowest BCUT2D eigenvalue weighted by atomic mass is 10.1.